The third-order valence-corrected chi connectivity index (χ3v) is 3.17. The lowest BCUT2D eigenvalue weighted by Crippen LogP contribution is -2.34. The van der Waals surface area contributed by atoms with Crippen molar-refractivity contribution in [2.75, 3.05) is 6.54 Å². The molecular formula is C16H14ClN3O4. The number of halogens is 1. The molecule has 0 aliphatic rings. The summed E-state index contributed by atoms with van der Waals surface area (Å²) in [4.78, 5) is 23.4. The van der Waals surface area contributed by atoms with E-state index < -0.39 is 11.8 Å². The molecule has 0 atom stereocenters. The number of benzene rings is 2. The smallest absolute Gasteiger partial charge is 0.259 e. The molecule has 0 aliphatic carbocycles. The fourth-order valence-electron chi connectivity index (χ4n) is 1.72. The van der Waals surface area contributed by atoms with E-state index in [1.165, 1.54) is 18.3 Å². The van der Waals surface area contributed by atoms with Crippen LogP contribution in [0.3, 0.4) is 0 Å². The number of nitrogens with one attached hydrogen (secondary N) is 2. The summed E-state index contributed by atoms with van der Waals surface area (Å²) in [6.45, 7) is -0.264. The maximum atomic E-state index is 11.8. The van der Waals surface area contributed by atoms with Gasteiger partial charge in [-0.2, -0.15) is 5.10 Å². The molecule has 0 aromatic heterocycles. The van der Waals surface area contributed by atoms with Crippen LogP contribution in [0.4, 0.5) is 0 Å². The molecule has 124 valence electrons. The number of hydrogen-bond acceptors (Lipinski definition) is 5. The molecule has 4 N–H and O–H groups in total. The van der Waals surface area contributed by atoms with Crippen molar-refractivity contribution in [3.8, 4) is 11.5 Å². The van der Waals surface area contributed by atoms with E-state index in [4.69, 9.17) is 16.7 Å². The van der Waals surface area contributed by atoms with Crippen LogP contribution in [-0.4, -0.2) is 34.8 Å². The van der Waals surface area contributed by atoms with Gasteiger partial charge in [0, 0.05) is 22.2 Å². The zero-order chi connectivity index (χ0) is 17.5. The van der Waals surface area contributed by atoms with Gasteiger partial charge in [0.05, 0.1) is 12.8 Å². The normalized spacial score (nSPS) is 10.5. The van der Waals surface area contributed by atoms with Crippen LogP contribution in [-0.2, 0) is 4.79 Å². The molecule has 24 heavy (non-hydrogen) atoms. The largest absolute Gasteiger partial charge is 0.508 e. The Labute approximate surface area is 142 Å². The maximum absolute atomic E-state index is 11.8. The minimum Gasteiger partial charge on any atom is -0.508 e. The van der Waals surface area contributed by atoms with Gasteiger partial charge in [0.2, 0.25) is 0 Å². The zero-order valence-electron chi connectivity index (χ0n) is 12.4. The van der Waals surface area contributed by atoms with Gasteiger partial charge in [0.25, 0.3) is 11.8 Å². The van der Waals surface area contributed by atoms with Crippen molar-refractivity contribution in [1.29, 1.82) is 0 Å². The summed E-state index contributed by atoms with van der Waals surface area (Å²) >= 11 is 5.73. The highest BCUT2D eigenvalue weighted by atomic mass is 35.5. The van der Waals surface area contributed by atoms with E-state index in [0.717, 1.165) is 6.07 Å². The highest BCUT2D eigenvalue weighted by Gasteiger charge is 2.07. The lowest BCUT2D eigenvalue weighted by Gasteiger charge is -2.04. The molecule has 2 amide bonds. The molecule has 2 rings (SSSR count). The highest BCUT2D eigenvalue weighted by Crippen LogP contribution is 2.20. The number of rotatable bonds is 5. The average Bonchev–Trinajstić information content (AvgIpc) is 2.55. The molecule has 0 aliphatic heterocycles. The summed E-state index contributed by atoms with van der Waals surface area (Å²) < 4.78 is 0. The molecule has 2 aromatic carbocycles. The second-order valence-corrected chi connectivity index (χ2v) is 5.16. The summed E-state index contributed by atoms with van der Waals surface area (Å²) in [7, 11) is 0. The first-order valence-electron chi connectivity index (χ1n) is 6.83. The first-order valence-corrected chi connectivity index (χ1v) is 7.21. The van der Waals surface area contributed by atoms with Gasteiger partial charge in [-0.15, -0.1) is 0 Å². The lowest BCUT2D eigenvalue weighted by atomic mass is 10.2. The van der Waals surface area contributed by atoms with E-state index in [1.54, 1.807) is 24.3 Å². The third kappa shape index (κ3) is 4.99. The monoisotopic (exact) mass is 347 g/mol. The van der Waals surface area contributed by atoms with E-state index in [1.807, 2.05) is 0 Å². The molecule has 0 unspecified atom stereocenters. The number of aromatic hydroxyl groups is 2. The van der Waals surface area contributed by atoms with Gasteiger partial charge >= 0.3 is 0 Å². The average molecular weight is 348 g/mol. The van der Waals surface area contributed by atoms with Crippen molar-refractivity contribution in [2.24, 2.45) is 5.10 Å². The fraction of sp³-hybridized carbons (Fsp3) is 0.0625. The van der Waals surface area contributed by atoms with Crippen molar-refractivity contribution in [1.82, 2.24) is 10.7 Å². The molecule has 0 heterocycles. The zero-order valence-corrected chi connectivity index (χ0v) is 13.1. The summed E-state index contributed by atoms with van der Waals surface area (Å²) in [6, 6.07) is 10.2. The Morgan fingerprint density at radius 3 is 2.50 bits per heavy atom. The Morgan fingerprint density at radius 2 is 1.83 bits per heavy atom. The van der Waals surface area contributed by atoms with Crippen LogP contribution in [0, 0.1) is 0 Å². The Bertz CT molecular complexity index is 775. The summed E-state index contributed by atoms with van der Waals surface area (Å²) in [5.74, 6) is -1.21. The third-order valence-electron chi connectivity index (χ3n) is 2.92. The Kier molecular flexibility index (Phi) is 5.75. The molecule has 0 saturated carbocycles. The number of hydrazone groups is 1. The standard InChI is InChI=1S/C16H14ClN3O4/c17-12-4-1-10(2-5-12)16(24)18-9-15(23)20-19-8-11-3-6-13(21)7-14(11)22/h1-8,21-22H,9H2,(H,18,24)(H,20,23)/b19-8+. The van der Waals surface area contributed by atoms with Crippen LogP contribution in [0.25, 0.3) is 0 Å². The van der Waals surface area contributed by atoms with Crippen LogP contribution < -0.4 is 10.7 Å². The SMILES string of the molecule is O=C(CNC(=O)c1ccc(Cl)cc1)N/N=C/c1ccc(O)cc1O. The van der Waals surface area contributed by atoms with E-state index >= 15 is 0 Å². The number of phenolic OH excluding ortho intramolecular Hbond substituents is 2. The Morgan fingerprint density at radius 1 is 1.12 bits per heavy atom. The first kappa shape index (κ1) is 17.3. The van der Waals surface area contributed by atoms with Crippen LogP contribution in [0.5, 0.6) is 11.5 Å². The molecular weight excluding hydrogens is 334 g/mol. The van der Waals surface area contributed by atoms with Crippen LogP contribution >= 0.6 is 11.6 Å². The Hall–Kier alpha value is -3.06. The van der Waals surface area contributed by atoms with Gasteiger partial charge in [-0.25, -0.2) is 5.43 Å². The maximum Gasteiger partial charge on any atom is 0.259 e. The van der Waals surface area contributed by atoms with Crippen LogP contribution in [0.15, 0.2) is 47.6 Å². The minimum atomic E-state index is -0.535. The summed E-state index contributed by atoms with van der Waals surface area (Å²) in [5.41, 5.74) is 2.91. The number of amides is 2. The molecule has 0 radical (unpaired) electrons. The van der Waals surface area contributed by atoms with Crippen molar-refractivity contribution in [3.05, 3.63) is 58.6 Å². The molecule has 0 spiro atoms. The molecule has 7 nitrogen and oxygen atoms in total. The Balaban J connectivity index is 1.81. The van der Waals surface area contributed by atoms with Crippen molar-refractivity contribution in [2.45, 2.75) is 0 Å². The van der Waals surface area contributed by atoms with Crippen LogP contribution in [0.2, 0.25) is 5.02 Å². The van der Waals surface area contributed by atoms with Gasteiger partial charge in [-0.1, -0.05) is 11.6 Å². The van der Waals surface area contributed by atoms with E-state index in [2.05, 4.69) is 15.8 Å². The van der Waals surface area contributed by atoms with Crippen LogP contribution in [0.1, 0.15) is 15.9 Å². The molecule has 2 aromatic rings. The van der Waals surface area contributed by atoms with Crippen molar-refractivity contribution in [3.63, 3.8) is 0 Å². The quantitative estimate of drug-likeness (QED) is 0.486. The number of hydrogen-bond donors (Lipinski definition) is 4. The second-order valence-electron chi connectivity index (χ2n) is 4.73. The van der Waals surface area contributed by atoms with Crippen molar-refractivity contribution >= 4 is 29.6 Å². The second kappa shape index (κ2) is 7.98. The lowest BCUT2D eigenvalue weighted by molar-refractivity contribution is -0.120. The number of nitrogens with zero attached hydrogens (tertiary/aromatic N) is 1. The van der Waals surface area contributed by atoms with Gasteiger partial charge in [0.1, 0.15) is 11.5 Å². The predicted molar refractivity (Wildman–Crippen MR) is 89.3 cm³/mol. The molecule has 8 heteroatoms. The fourth-order valence-corrected chi connectivity index (χ4v) is 1.84. The van der Waals surface area contributed by atoms with Gasteiger partial charge < -0.3 is 15.5 Å². The predicted octanol–water partition coefficient (Wildman–Crippen LogP) is 1.63. The van der Waals surface area contributed by atoms with Crippen molar-refractivity contribution < 1.29 is 19.8 Å². The molecule has 0 bridgehead atoms. The van der Waals surface area contributed by atoms with Gasteiger partial charge in [-0.05, 0) is 36.4 Å². The minimum absolute atomic E-state index is 0.0846. The number of carbonyl (C=O) groups excluding carboxylic acids is 2. The van der Waals surface area contributed by atoms with E-state index in [9.17, 15) is 14.7 Å². The van der Waals surface area contributed by atoms with E-state index in [0.29, 0.717) is 16.1 Å². The highest BCUT2D eigenvalue weighted by molar-refractivity contribution is 6.30. The summed E-state index contributed by atoms with van der Waals surface area (Å²) in [6.07, 6.45) is 1.22. The molecule has 0 saturated heterocycles. The van der Waals surface area contributed by atoms with Gasteiger partial charge in [-0.3, -0.25) is 9.59 Å². The number of phenols is 2. The van der Waals surface area contributed by atoms with E-state index in [-0.39, 0.29) is 18.0 Å². The molecule has 0 fully saturated rings. The topological polar surface area (TPSA) is 111 Å². The van der Waals surface area contributed by atoms with Gasteiger partial charge in [0.15, 0.2) is 0 Å². The summed E-state index contributed by atoms with van der Waals surface area (Å²) in [5, 5.41) is 25.3. The first-order chi connectivity index (χ1) is 11.5. The number of carbonyl (C=O) groups is 2.